The van der Waals surface area contributed by atoms with E-state index in [4.69, 9.17) is 30.3 Å². The van der Waals surface area contributed by atoms with Crippen LogP contribution in [0, 0.1) is 0 Å². The van der Waals surface area contributed by atoms with Crippen molar-refractivity contribution in [1.29, 1.82) is 0 Å². The molecule has 0 radical (unpaired) electrons. The average Bonchev–Trinajstić information content (AvgIpc) is 3.35. The largest absolute Gasteiger partial charge is 0.495 e. The molecule has 2 aromatic carbocycles. The first-order valence-electron chi connectivity index (χ1n) is 10.3. The number of carbonyl (C=O) groups is 1. The van der Waals surface area contributed by atoms with Crippen molar-refractivity contribution < 1.29 is 23.5 Å². The van der Waals surface area contributed by atoms with E-state index in [9.17, 15) is 9.59 Å². The third-order valence-corrected chi connectivity index (χ3v) is 5.30. The highest BCUT2D eigenvalue weighted by atomic mass is 35.5. The molecular weight excluding hydrogens is 476 g/mol. The standard InChI is InChI=1S/C24H21ClN4O6/c1-32-18-9-7-15(25)12-17(18)26-21(30)13-29-10-4-5-16(24(29)31)23-27-22(28-35-23)14-6-8-19(33-2)20(11-14)34-3/h4-12H,13H2,1-3H3,(H,26,30). The highest BCUT2D eigenvalue weighted by Crippen LogP contribution is 2.32. The molecule has 2 heterocycles. The Morgan fingerprint density at radius 2 is 1.77 bits per heavy atom. The van der Waals surface area contributed by atoms with Gasteiger partial charge in [0.25, 0.3) is 11.4 Å². The van der Waals surface area contributed by atoms with Gasteiger partial charge in [-0.15, -0.1) is 0 Å². The Morgan fingerprint density at radius 3 is 2.51 bits per heavy atom. The quantitative estimate of drug-likeness (QED) is 0.390. The minimum Gasteiger partial charge on any atom is -0.495 e. The van der Waals surface area contributed by atoms with Crippen molar-refractivity contribution in [3.63, 3.8) is 0 Å². The number of carbonyl (C=O) groups excluding carboxylic acids is 1. The van der Waals surface area contributed by atoms with Crippen molar-refractivity contribution in [3.05, 3.63) is 70.1 Å². The molecular formula is C24H21ClN4O6. The molecule has 1 N–H and O–H groups in total. The Bertz CT molecular complexity index is 1430. The fraction of sp³-hybridized carbons (Fsp3) is 0.167. The molecule has 0 spiro atoms. The molecule has 0 aliphatic heterocycles. The van der Waals surface area contributed by atoms with Gasteiger partial charge in [0.1, 0.15) is 17.9 Å². The van der Waals surface area contributed by atoms with Crippen LogP contribution in [-0.2, 0) is 11.3 Å². The number of ether oxygens (including phenoxy) is 3. The second kappa shape index (κ2) is 10.3. The lowest BCUT2D eigenvalue weighted by atomic mass is 10.2. The summed E-state index contributed by atoms with van der Waals surface area (Å²) in [6.07, 6.45) is 1.49. The minimum atomic E-state index is -0.469. The van der Waals surface area contributed by atoms with Crippen LogP contribution in [0.15, 0.2) is 64.0 Å². The number of benzene rings is 2. The van der Waals surface area contributed by atoms with E-state index in [0.29, 0.717) is 33.5 Å². The van der Waals surface area contributed by atoms with Crippen LogP contribution in [0.5, 0.6) is 17.2 Å². The number of hydrogen-bond acceptors (Lipinski definition) is 8. The zero-order valence-electron chi connectivity index (χ0n) is 19.1. The molecule has 2 aromatic heterocycles. The van der Waals surface area contributed by atoms with Crippen LogP contribution in [0.4, 0.5) is 5.69 Å². The first-order chi connectivity index (χ1) is 16.9. The van der Waals surface area contributed by atoms with E-state index in [1.54, 1.807) is 48.5 Å². The molecule has 1 amide bonds. The van der Waals surface area contributed by atoms with Crippen molar-refractivity contribution in [2.75, 3.05) is 26.6 Å². The zero-order chi connectivity index (χ0) is 24.9. The molecule has 180 valence electrons. The second-order valence-corrected chi connectivity index (χ2v) is 7.68. The highest BCUT2D eigenvalue weighted by molar-refractivity contribution is 6.31. The SMILES string of the molecule is COc1ccc(Cl)cc1NC(=O)Cn1cccc(-c2nc(-c3ccc(OC)c(OC)c3)no2)c1=O. The van der Waals surface area contributed by atoms with Gasteiger partial charge in [-0.2, -0.15) is 4.98 Å². The summed E-state index contributed by atoms with van der Waals surface area (Å²) in [4.78, 5) is 30.0. The summed E-state index contributed by atoms with van der Waals surface area (Å²) in [6.45, 7) is -0.251. The van der Waals surface area contributed by atoms with Crippen molar-refractivity contribution >= 4 is 23.2 Å². The van der Waals surface area contributed by atoms with E-state index < -0.39 is 11.5 Å². The van der Waals surface area contributed by atoms with Gasteiger partial charge < -0.3 is 28.6 Å². The summed E-state index contributed by atoms with van der Waals surface area (Å²) in [5, 5.41) is 7.11. The molecule has 0 atom stereocenters. The van der Waals surface area contributed by atoms with E-state index in [2.05, 4.69) is 15.5 Å². The van der Waals surface area contributed by atoms with Crippen molar-refractivity contribution in [2.24, 2.45) is 0 Å². The minimum absolute atomic E-state index is 0.0195. The van der Waals surface area contributed by atoms with Gasteiger partial charge in [0.2, 0.25) is 11.7 Å². The number of methoxy groups -OCH3 is 3. The summed E-state index contributed by atoms with van der Waals surface area (Å²) in [7, 11) is 4.54. The van der Waals surface area contributed by atoms with Gasteiger partial charge in [0, 0.05) is 16.8 Å². The molecule has 0 saturated heterocycles. The number of nitrogens with one attached hydrogen (secondary N) is 1. The molecule has 0 aliphatic carbocycles. The predicted molar refractivity (Wildman–Crippen MR) is 129 cm³/mol. The van der Waals surface area contributed by atoms with Crippen LogP contribution in [0.1, 0.15) is 0 Å². The number of pyridine rings is 1. The zero-order valence-corrected chi connectivity index (χ0v) is 19.8. The first kappa shape index (κ1) is 23.8. The van der Waals surface area contributed by atoms with Crippen LogP contribution < -0.4 is 25.1 Å². The molecule has 10 nitrogen and oxygen atoms in total. The smallest absolute Gasteiger partial charge is 0.263 e. The normalized spacial score (nSPS) is 10.6. The molecule has 4 aromatic rings. The summed E-state index contributed by atoms with van der Waals surface area (Å²) in [5.74, 6) is 1.34. The Morgan fingerprint density at radius 1 is 1.03 bits per heavy atom. The summed E-state index contributed by atoms with van der Waals surface area (Å²) < 4.78 is 22.4. The number of aromatic nitrogens is 3. The number of rotatable bonds is 8. The summed E-state index contributed by atoms with van der Waals surface area (Å²) in [6, 6.07) is 13.2. The maximum Gasteiger partial charge on any atom is 0.263 e. The topological polar surface area (TPSA) is 118 Å². The van der Waals surface area contributed by atoms with E-state index in [1.165, 1.54) is 32.1 Å². The molecule has 11 heteroatoms. The number of hydrogen-bond donors (Lipinski definition) is 1. The molecule has 0 aliphatic rings. The average molecular weight is 497 g/mol. The number of nitrogens with zero attached hydrogens (tertiary/aromatic N) is 3. The maximum absolute atomic E-state index is 13.0. The lowest BCUT2D eigenvalue weighted by molar-refractivity contribution is -0.116. The van der Waals surface area contributed by atoms with Crippen molar-refractivity contribution in [2.45, 2.75) is 6.54 Å². The Labute approximate surface area is 205 Å². The van der Waals surface area contributed by atoms with Gasteiger partial charge in [-0.05, 0) is 48.5 Å². The molecule has 0 bridgehead atoms. The summed E-state index contributed by atoms with van der Waals surface area (Å²) >= 11 is 6.01. The van der Waals surface area contributed by atoms with Gasteiger partial charge >= 0.3 is 0 Å². The molecule has 0 unspecified atom stereocenters. The molecule has 0 fully saturated rings. The van der Waals surface area contributed by atoms with E-state index >= 15 is 0 Å². The van der Waals surface area contributed by atoms with Gasteiger partial charge in [-0.3, -0.25) is 9.59 Å². The Hall–Kier alpha value is -4.31. The number of halogens is 1. The van der Waals surface area contributed by atoms with Crippen molar-refractivity contribution in [3.8, 4) is 40.1 Å². The number of amides is 1. The predicted octanol–water partition coefficient (Wildman–Crippen LogP) is 3.88. The maximum atomic E-state index is 13.0. The lowest BCUT2D eigenvalue weighted by Gasteiger charge is -2.11. The van der Waals surface area contributed by atoms with Crippen LogP contribution in [0.3, 0.4) is 0 Å². The fourth-order valence-corrected chi connectivity index (χ4v) is 3.54. The van der Waals surface area contributed by atoms with Crippen LogP contribution >= 0.6 is 11.6 Å². The van der Waals surface area contributed by atoms with Crippen LogP contribution in [0.25, 0.3) is 22.8 Å². The van der Waals surface area contributed by atoms with E-state index in [-0.39, 0.29) is 23.8 Å². The van der Waals surface area contributed by atoms with Gasteiger partial charge in [-0.1, -0.05) is 16.8 Å². The third kappa shape index (κ3) is 5.12. The van der Waals surface area contributed by atoms with E-state index in [1.807, 2.05) is 0 Å². The molecule has 4 rings (SSSR count). The van der Waals surface area contributed by atoms with E-state index in [0.717, 1.165) is 0 Å². The van der Waals surface area contributed by atoms with Crippen LogP contribution in [-0.4, -0.2) is 41.9 Å². The third-order valence-electron chi connectivity index (χ3n) is 5.07. The molecule has 0 saturated carbocycles. The molecule has 35 heavy (non-hydrogen) atoms. The summed E-state index contributed by atoms with van der Waals surface area (Å²) in [5.41, 5.74) is 0.692. The first-order valence-corrected chi connectivity index (χ1v) is 10.7. The Kier molecular flexibility index (Phi) is 7.02. The Balaban J connectivity index is 1.57. The van der Waals surface area contributed by atoms with Gasteiger partial charge in [-0.25, -0.2) is 0 Å². The second-order valence-electron chi connectivity index (χ2n) is 7.24. The van der Waals surface area contributed by atoms with Crippen LogP contribution in [0.2, 0.25) is 5.02 Å². The van der Waals surface area contributed by atoms with Gasteiger partial charge in [0.05, 0.1) is 27.0 Å². The lowest BCUT2D eigenvalue weighted by Crippen LogP contribution is -2.28. The highest BCUT2D eigenvalue weighted by Gasteiger charge is 2.17. The monoisotopic (exact) mass is 496 g/mol. The number of anilines is 1. The van der Waals surface area contributed by atoms with Crippen molar-refractivity contribution in [1.82, 2.24) is 14.7 Å². The fourth-order valence-electron chi connectivity index (χ4n) is 3.37. The van der Waals surface area contributed by atoms with Gasteiger partial charge in [0.15, 0.2) is 11.5 Å².